The average Bonchev–Trinajstić information content (AvgIpc) is 3.20. The number of rotatable bonds is 14. The molecule has 2 aromatic rings. The van der Waals surface area contributed by atoms with Gasteiger partial charge in [-0.2, -0.15) is 4.31 Å². The third kappa shape index (κ3) is 7.94. The number of nitrogens with one attached hydrogen (secondary N) is 1. The number of ether oxygens (including phenoxy) is 2. The smallest absolute Gasteiger partial charge is 0.243 e. The fraction of sp³-hybridized carbons (Fsp3) is 0.478. The highest BCUT2D eigenvalue weighted by molar-refractivity contribution is 7.89. The second-order valence-corrected chi connectivity index (χ2v) is 9.75. The number of carbonyl (C=O) groups excluding carboxylic acids is 2. The van der Waals surface area contributed by atoms with Crippen LogP contribution in [0.15, 0.2) is 47.5 Å². The molecule has 1 N–H and O–H groups in total. The Kier molecular flexibility index (Phi) is 10.7. The zero-order valence-corrected chi connectivity index (χ0v) is 21.0. The Morgan fingerprint density at radius 1 is 1.03 bits per heavy atom. The van der Waals surface area contributed by atoms with Crippen LogP contribution in [0.25, 0.3) is 0 Å². The van der Waals surface area contributed by atoms with E-state index < -0.39 is 10.0 Å². The van der Waals surface area contributed by atoms with E-state index >= 15 is 0 Å². The number of hydrogen-bond acceptors (Lipinski definition) is 6. The Labute approximate surface area is 201 Å². The Bertz CT molecular complexity index is 1040. The normalized spacial score (nSPS) is 11.6. The van der Waals surface area contributed by atoms with E-state index in [2.05, 4.69) is 5.32 Å². The van der Waals surface area contributed by atoms with Gasteiger partial charge in [0.1, 0.15) is 0 Å². The van der Waals surface area contributed by atoms with Crippen molar-refractivity contribution in [3.05, 3.63) is 48.3 Å². The molecule has 34 heavy (non-hydrogen) atoms. The summed E-state index contributed by atoms with van der Waals surface area (Å²) in [6.45, 7) is 2.54. The van der Waals surface area contributed by atoms with Crippen molar-refractivity contribution in [2.45, 2.75) is 24.8 Å². The van der Waals surface area contributed by atoms with Crippen LogP contribution < -0.4 is 5.32 Å². The number of aromatic nitrogens is 1. The molecule has 1 aromatic heterocycles. The van der Waals surface area contributed by atoms with Gasteiger partial charge in [0.2, 0.25) is 21.8 Å². The van der Waals surface area contributed by atoms with Crippen LogP contribution in [0.3, 0.4) is 0 Å². The van der Waals surface area contributed by atoms with Crippen LogP contribution in [0, 0.1) is 0 Å². The highest BCUT2D eigenvalue weighted by Crippen LogP contribution is 2.19. The number of carbonyl (C=O) groups is 2. The summed E-state index contributed by atoms with van der Waals surface area (Å²) in [7, 11) is 1.02. The summed E-state index contributed by atoms with van der Waals surface area (Å²) in [6.07, 6.45) is 2.32. The van der Waals surface area contributed by atoms with E-state index in [1.807, 2.05) is 29.9 Å². The number of benzene rings is 1. The summed E-state index contributed by atoms with van der Waals surface area (Å²) in [6, 6.07) is 9.67. The van der Waals surface area contributed by atoms with E-state index in [1.54, 1.807) is 12.0 Å². The van der Waals surface area contributed by atoms with Gasteiger partial charge in [-0.3, -0.25) is 9.59 Å². The number of anilines is 1. The molecule has 0 saturated carbocycles. The van der Waals surface area contributed by atoms with Crippen LogP contribution in [0.1, 0.15) is 19.0 Å². The average molecular weight is 495 g/mol. The first-order chi connectivity index (χ1) is 16.2. The number of hydrogen-bond donors (Lipinski definition) is 1. The standard InChI is InChI=1S/C23H34N4O6S/c1-19(28)24-20-8-10-22(11-9-20)34(30,31)27(13-6-15-32-3)18-23(29)26(14-16-33-4)17-21-7-5-12-25(21)2/h5,7-12H,6,13-18H2,1-4H3,(H,24,28). The third-order valence-electron chi connectivity index (χ3n) is 5.20. The van der Waals surface area contributed by atoms with Crippen molar-refractivity contribution in [1.29, 1.82) is 0 Å². The van der Waals surface area contributed by atoms with E-state index in [9.17, 15) is 18.0 Å². The van der Waals surface area contributed by atoms with Gasteiger partial charge in [0, 0.05) is 65.5 Å². The highest BCUT2D eigenvalue weighted by atomic mass is 32.2. The monoisotopic (exact) mass is 494 g/mol. The summed E-state index contributed by atoms with van der Waals surface area (Å²) >= 11 is 0. The number of aryl methyl sites for hydroxylation is 1. The molecule has 0 unspecified atom stereocenters. The van der Waals surface area contributed by atoms with Crippen molar-refractivity contribution in [2.24, 2.45) is 7.05 Å². The molecule has 2 amide bonds. The molecule has 11 heteroatoms. The molecule has 0 atom stereocenters. The zero-order valence-electron chi connectivity index (χ0n) is 20.2. The fourth-order valence-electron chi connectivity index (χ4n) is 3.33. The first kappa shape index (κ1) is 27.5. The van der Waals surface area contributed by atoms with E-state index in [1.165, 1.54) is 42.6 Å². The first-order valence-electron chi connectivity index (χ1n) is 10.9. The molecule has 0 aliphatic carbocycles. The number of methoxy groups -OCH3 is 2. The molecule has 10 nitrogen and oxygen atoms in total. The molecule has 0 bridgehead atoms. The Morgan fingerprint density at radius 3 is 2.26 bits per heavy atom. The molecule has 1 aromatic carbocycles. The maximum absolute atomic E-state index is 13.4. The van der Waals surface area contributed by atoms with Crippen molar-refractivity contribution in [2.75, 3.05) is 52.4 Å². The summed E-state index contributed by atoms with van der Waals surface area (Å²) in [5.41, 5.74) is 1.41. The van der Waals surface area contributed by atoms with Crippen LogP contribution in [-0.2, 0) is 42.7 Å². The molecule has 0 aliphatic heterocycles. The predicted octanol–water partition coefficient (Wildman–Crippen LogP) is 1.69. The molecule has 1 heterocycles. The van der Waals surface area contributed by atoms with Crippen LogP contribution in [0.2, 0.25) is 0 Å². The zero-order chi connectivity index (χ0) is 25.1. The molecule has 0 saturated heterocycles. The maximum atomic E-state index is 13.4. The molecule has 0 spiro atoms. The lowest BCUT2D eigenvalue weighted by Gasteiger charge is -2.27. The Morgan fingerprint density at radius 2 is 1.71 bits per heavy atom. The van der Waals surface area contributed by atoms with Crippen LogP contribution in [0.4, 0.5) is 5.69 Å². The number of nitrogens with zero attached hydrogens (tertiary/aromatic N) is 3. The fourth-order valence-corrected chi connectivity index (χ4v) is 4.76. The minimum absolute atomic E-state index is 0.0395. The van der Waals surface area contributed by atoms with E-state index in [4.69, 9.17) is 9.47 Å². The maximum Gasteiger partial charge on any atom is 0.243 e. The molecule has 188 valence electrons. The predicted molar refractivity (Wildman–Crippen MR) is 129 cm³/mol. The summed E-state index contributed by atoms with van der Waals surface area (Å²) < 4.78 is 40.1. The highest BCUT2D eigenvalue weighted by Gasteiger charge is 2.28. The topological polar surface area (TPSA) is 110 Å². The lowest BCUT2D eigenvalue weighted by molar-refractivity contribution is -0.132. The van der Waals surface area contributed by atoms with Gasteiger partial charge < -0.3 is 24.3 Å². The lowest BCUT2D eigenvalue weighted by atomic mass is 10.3. The number of sulfonamides is 1. The van der Waals surface area contributed by atoms with Gasteiger partial charge >= 0.3 is 0 Å². The van der Waals surface area contributed by atoms with Gasteiger partial charge in [0.05, 0.1) is 24.6 Å². The van der Waals surface area contributed by atoms with E-state index in [0.717, 1.165) is 5.69 Å². The second-order valence-electron chi connectivity index (χ2n) is 7.81. The molecule has 0 radical (unpaired) electrons. The van der Waals surface area contributed by atoms with Crippen molar-refractivity contribution < 1.29 is 27.5 Å². The second kappa shape index (κ2) is 13.2. The summed E-state index contributed by atoms with van der Waals surface area (Å²) in [5.74, 6) is -0.578. The molecule has 0 fully saturated rings. The van der Waals surface area contributed by atoms with Gasteiger partial charge in [-0.05, 0) is 42.8 Å². The summed E-state index contributed by atoms with van der Waals surface area (Å²) in [5, 5.41) is 2.61. The third-order valence-corrected chi connectivity index (χ3v) is 7.06. The van der Waals surface area contributed by atoms with Gasteiger partial charge in [-0.1, -0.05) is 0 Å². The van der Waals surface area contributed by atoms with Crippen molar-refractivity contribution in [1.82, 2.24) is 13.8 Å². The molecular formula is C23H34N4O6S. The quantitative estimate of drug-likeness (QED) is 0.400. The minimum atomic E-state index is -3.96. The van der Waals surface area contributed by atoms with Gasteiger partial charge in [-0.25, -0.2) is 8.42 Å². The van der Waals surface area contributed by atoms with Crippen molar-refractivity contribution in [3.63, 3.8) is 0 Å². The first-order valence-corrected chi connectivity index (χ1v) is 12.4. The largest absolute Gasteiger partial charge is 0.385 e. The lowest BCUT2D eigenvalue weighted by Crippen LogP contribution is -2.44. The van der Waals surface area contributed by atoms with Gasteiger partial charge in [-0.15, -0.1) is 0 Å². The molecule has 2 rings (SSSR count). The Hall–Kier alpha value is -2.73. The van der Waals surface area contributed by atoms with Crippen LogP contribution in [0.5, 0.6) is 0 Å². The van der Waals surface area contributed by atoms with Gasteiger partial charge in [0.25, 0.3) is 0 Å². The van der Waals surface area contributed by atoms with Crippen molar-refractivity contribution in [3.8, 4) is 0 Å². The van der Waals surface area contributed by atoms with Crippen molar-refractivity contribution >= 4 is 27.5 Å². The van der Waals surface area contributed by atoms with E-state index in [-0.39, 0.29) is 29.8 Å². The summed E-state index contributed by atoms with van der Waals surface area (Å²) in [4.78, 5) is 26.1. The van der Waals surface area contributed by atoms with E-state index in [0.29, 0.717) is 38.4 Å². The SMILES string of the molecule is COCCCN(CC(=O)N(CCOC)Cc1cccn1C)S(=O)(=O)c1ccc(NC(C)=O)cc1. The number of amides is 2. The molecular weight excluding hydrogens is 460 g/mol. The van der Waals surface area contributed by atoms with Crippen LogP contribution in [-0.4, -0.2) is 81.1 Å². The Balaban J connectivity index is 2.25. The van der Waals surface area contributed by atoms with Gasteiger partial charge in [0.15, 0.2) is 0 Å². The minimum Gasteiger partial charge on any atom is -0.385 e. The van der Waals surface area contributed by atoms with Crippen LogP contribution >= 0.6 is 0 Å². The molecule has 0 aliphatic rings.